The number of benzene rings is 4. The predicted octanol–water partition coefficient (Wildman–Crippen LogP) is 6.73. The molecular formula is C42H45N3O6. The molecule has 0 fully saturated rings. The van der Waals surface area contributed by atoms with E-state index in [-0.39, 0.29) is 23.6 Å². The number of carbonyl (C=O) groups excluding carboxylic acids is 2. The SMILES string of the molecule is COc1ccc(Cn2ccc(C)c(NC(=O)C(CCCc3ccc(C(C)(C)C(=O)O)cc3)NC(=O)Cc3ccc4ccccc4c3)c2=O)cc1C. The Bertz CT molecular complexity index is 2120. The van der Waals surface area contributed by atoms with Crippen molar-refractivity contribution in [2.75, 3.05) is 12.4 Å². The summed E-state index contributed by atoms with van der Waals surface area (Å²) in [5.41, 5.74) is 3.78. The van der Waals surface area contributed by atoms with Crippen LogP contribution in [0.4, 0.5) is 5.69 Å². The van der Waals surface area contributed by atoms with Crippen molar-refractivity contribution < 1.29 is 24.2 Å². The van der Waals surface area contributed by atoms with Gasteiger partial charge in [0.05, 0.1) is 25.5 Å². The minimum atomic E-state index is -1.02. The molecule has 9 heteroatoms. The lowest BCUT2D eigenvalue weighted by Crippen LogP contribution is -2.45. The van der Waals surface area contributed by atoms with E-state index >= 15 is 0 Å². The van der Waals surface area contributed by atoms with Crippen LogP contribution >= 0.6 is 0 Å². The van der Waals surface area contributed by atoms with E-state index in [1.54, 1.807) is 44.7 Å². The lowest BCUT2D eigenvalue weighted by molar-refractivity contribution is -0.142. The summed E-state index contributed by atoms with van der Waals surface area (Å²) >= 11 is 0. The Balaban J connectivity index is 1.33. The number of hydrogen-bond donors (Lipinski definition) is 3. The number of hydrogen-bond acceptors (Lipinski definition) is 5. The van der Waals surface area contributed by atoms with E-state index in [0.29, 0.717) is 36.9 Å². The fourth-order valence-corrected chi connectivity index (χ4v) is 6.16. The maximum absolute atomic E-state index is 13.9. The molecule has 0 saturated heterocycles. The van der Waals surface area contributed by atoms with E-state index in [1.165, 1.54) is 0 Å². The second-order valence-electron chi connectivity index (χ2n) is 13.6. The quantitative estimate of drug-likeness (QED) is 0.119. The highest BCUT2D eigenvalue weighted by atomic mass is 16.5. The molecular weight excluding hydrogens is 642 g/mol. The van der Waals surface area contributed by atoms with Crippen LogP contribution in [0.3, 0.4) is 0 Å². The first-order valence-electron chi connectivity index (χ1n) is 17.1. The molecule has 0 aliphatic carbocycles. The van der Waals surface area contributed by atoms with Crippen LogP contribution in [0.15, 0.2) is 102 Å². The van der Waals surface area contributed by atoms with Gasteiger partial charge in [0.15, 0.2) is 0 Å². The average molecular weight is 688 g/mol. The van der Waals surface area contributed by atoms with Gasteiger partial charge in [0.25, 0.3) is 5.56 Å². The third kappa shape index (κ3) is 8.91. The Morgan fingerprint density at radius 1 is 0.843 bits per heavy atom. The molecule has 0 aliphatic rings. The molecule has 3 N–H and O–H groups in total. The number of rotatable bonds is 14. The number of nitrogens with one attached hydrogen (secondary N) is 2. The Morgan fingerprint density at radius 2 is 1.53 bits per heavy atom. The minimum Gasteiger partial charge on any atom is -0.496 e. The van der Waals surface area contributed by atoms with Gasteiger partial charge in [0, 0.05) is 6.20 Å². The number of aromatic nitrogens is 1. The van der Waals surface area contributed by atoms with E-state index in [2.05, 4.69) is 10.6 Å². The number of methoxy groups -OCH3 is 1. The number of anilines is 1. The maximum atomic E-state index is 13.9. The van der Waals surface area contributed by atoms with E-state index < -0.39 is 23.3 Å². The molecule has 1 aromatic heterocycles. The smallest absolute Gasteiger partial charge is 0.313 e. The zero-order valence-electron chi connectivity index (χ0n) is 29.8. The molecule has 4 aromatic carbocycles. The van der Waals surface area contributed by atoms with Crippen molar-refractivity contribution in [3.63, 3.8) is 0 Å². The molecule has 5 rings (SSSR count). The van der Waals surface area contributed by atoms with Gasteiger partial charge in [-0.3, -0.25) is 19.2 Å². The molecule has 0 spiro atoms. The van der Waals surface area contributed by atoms with Gasteiger partial charge < -0.3 is 25.0 Å². The first-order chi connectivity index (χ1) is 24.3. The number of amides is 2. The Kier molecular flexibility index (Phi) is 11.4. The van der Waals surface area contributed by atoms with Crippen molar-refractivity contribution in [1.29, 1.82) is 0 Å². The summed E-state index contributed by atoms with van der Waals surface area (Å²) in [5, 5.41) is 17.5. The van der Waals surface area contributed by atoms with Gasteiger partial charge >= 0.3 is 5.97 Å². The van der Waals surface area contributed by atoms with E-state index in [0.717, 1.165) is 38.8 Å². The van der Waals surface area contributed by atoms with Crippen LogP contribution in [0.2, 0.25) is 0 Å². The summed E-state index contributed by atoms with van der Waals surface area (Å²) in [4.78, 5) is 52.6. The van der Waals surface area contributed by atoms with Gasteiger partial charge in [-0.2, -0.15) is 0 Å². The normalized spacial score (nSPS) is 11.9. The van der Waals surface area contributed by atoms with Gasteiger partial charge in [-0.15, -0.1) is 0 Å². The van der Waals surface area contributed by atoms with Gasteiger partial charge in [0.1, 0.15) is 17.5 Å². The third-order valence-electron chi connectivity index (χ3n) is 9.43. The van der Waals surface area contributed by atoms with Crippen molar-refractivity contribution in [1.82, 2.24) is 9.88 Å². The zero-order valence-corrected chi connectivity index (χ0v) is 29.8. The van der Waals surface area contributed by atoms with Gasteiger partial charge in [0.2, 0.25) is 11.8 Å². The molecule has 1 unspecified atom stereocenters. The van der Waals surface area contributed by atoms with E-state index in [4.69, 9.17) is 4.74 Å². The predicted molar refractivity (Wildman–Crippen MR) is 201 cm³/mol. The third-order valence-corrected chi connectivity index (χ3v) is 9.43. The number of ether oxygens (including phenoxy) is 1. The van der Waals surface area contributed by atoms with Crippen molar-refractivity contribution >= 4 is 34.2 Å². The van der Waals surface area contributed by atoms with Crippen molar-refractivity contribution in [3.8, 4) is 5.75 Å². The molecule has 5 aromatic rings. The Morgan fingerprint density at radius 3 is 2.22 bits per heavy atom. The lowest BCUT2D eigenvalue weighted by atomic mass is 9.84. The number of aliphatic carboxylic acids is 1. The second-order valence-corrected chi connectivity index (χ2v) is 13.6. The molecule has 9 nitrogen and oxygen atoms in total. The largest absolute Gasteiger partial charge is 0.496 e. The molecule has 2 amide bonds. The molecule has 1 heterocycles. The number of carboxylic acids is 1. The number of pyridine rings is 1. The zero-order chi connectivity index (χ0) is 36.7. The molecule has 1 atom stereocenters. The summed E-state index contributed by atoms with van der Waals surface area (Å²) in [6.07, 6.45) is 3.29. The number of carboxylic acid groups (broad SMARTS) is 1. The van der Waals surface area contributed by atoms with Gasteiger partial charge in [-0.25, -0.2) is 0 Å². The molecule has 0 bridgehead atoms. The summed E-state index contributed by atoms with van der Waals surface area (Å²) in [6, 6.07) is 27.8. The first kappa shape index (κ1) is 36.6. The second kappa shape index (κ2) is 15.9. The first-order valence-corrected chi connectivity index (χ1v) is 17.1. The standard InChI is InChI=1S/C42H45N3O6/c1-27-21-22-45(26-31-16-20-36(51-5)28(2)23-31)40(48)38(27)44-39(47)35(12-8-9-29-14-18-34(19-15-29)42(3,4)41(49)50)43-37(46)25-30-13-17-32-10-6-7-11-33(32)24-30/h6-7,10-11,13-24,35H,8-9,12,25-26H2,1-5H3,(H,43,46)(H,44,47)(H,49,50). The van der Waals surface area contributed by atoms with Crippen LogP contribution in [-0.2, 0) is 39.2 Å². The highest BCUT2D eigenvalue weighted by molar-refractivity contribution is 5.98. The van der Waals surface area contributed by atoms with Crippen LogP contribution in [0, 0.1) is 13.8 Å². The average Bonchev–Trinajstić information content (AvgIpc) is 3.11. The Hall–Kier alpha value is -5.70. The molecule has 51 heavy (non-hydrogen) atoms. The Labute approximate surface area is 298 Å². The minimum absolute atomic E-state index is 0.0912. The fourth-order valence-electron chi connectivity index (χ4n) is 6.16. The molecule has 0 aliphatic heterocycles. The molecule has 264 valence electrons. The molecule has 0 radical (unpaired) electrons. The summed E-state index contributed by atoms with van der Waals surface area (Å²) in [6.45, 7) is 7.34. The highest BCUT2D eigenvalue weighted by Crippen LogP contribution is 2.24. The number of carbonyl (C=O) groups is 3. The summed E-state index contributed by atoms with van der Waals surface area (Å²) in [7, 11) is 1.61. The number of aryl methyl sites for hydroxylation is 3. The topological polar surface area (TPSA) is 127 Å². The number of nitrogens with zero attached hydrogens (tertiary/aromatic N) is 1. The van der Waals surface area contributed by atoms with Crippen molar-refractivity contribution in [2.45, 2.75) is 71.4 Å². The fraction of sp³-hybridized carbons (Fsp3) is 0.286. The van der Waals surface area contributed by atoms with Gasteiger partial charge in [-0.1, -0.05) is 78.9 Å². The van der Waals surface area contributed by atoms with Crippen LogP contribution in [-0.4, -0.2) is 40.6 Å². The van der Waals surface area contributed by atoms with Gasteiger partial charge in [-0.05, 0) is 103 Å². The summed E-state index contributed by atoms with van der Waals surface area (Å²) in [5.74, 6) is -0.919. The van der Waals surface area contributed by atoms with Crippen LogP contribution in [0.5, 0.6) is 5.75 Å². The van der Waals surface area contributed by atoms with Crippen molar-refractivity contribution in [2.24, 2.45) is 0 Å². The monoisotopic (exact) mass is 687 g/mol. The van der Waals surface area contributed by atoms with Crippen LogP contribution in [0.25, 0.3) is 10.8 Å². The molecule has 0 saturated carbocycles. The maximum Gasteiger partial charge on any atom is 0.313 e. The van der Waals surface area contributed by atoms with E-state index in [1.807, 2.05) is 91.9 Å². The summed E-state index contributed by atoms with van der Waals surface area (Å²) < 4.78 is 6.91. The highest BCUT2D eigenvalue weighted by Gasteiger charge is 2.29. The lowest BCUT2D eigenvalue weighted by Gasteiger charge is -2.21. The van der Waals surface area contributed by atoms with E-state index in [9.17, 15) is 24.3 Å². The number of fused-ring (bicyclic) bond motifs is 1. The van der Waals surface area contributed by atoms with Crippen molar-refractivity contribution in [3.05, 3.63) is 141 Å². The van der Waals surface area contributed by atoms with Crippen LogP contribution < -0.4 is 20.9 Å². The van der Waals surface area contributed by atoms with Crippen LogP contribution in [0.1, 0.15) is 60.1 Å².